The second-order valence-corrected chi connectivity index (χ2v) is 6.86. The van der Waals surface area contributed by atoms with Crippen molar-refractivity contribution >= 4 is 27.3 Å². The number of anilines is 1. The molecule has 0 amide bonds. The largest absolute Gasteiger partial charge is 0.496 e. The van der Waals surface area contributed by atoms with Crippen LogP contribution in [0.2, 0.25) is 5.02 Å². The van der Waals surface area contributed by atoms with Crippen molar-refractivity contribution in [2.45, 2.75) is 5.75 Å². The van der Waals surface area contributed by atoms with Gasteiger partial charge in [0.1, 0.15) is 11.4 Å². The van der Waals surface area contributed by atoms with Crippen LogP contribution in [0.1, 0.15) is 5.69 Å². The van der Waals surface area contributed by atoms with Crippen LogP contribution in [0.15, 0.2) is 22.7 Å². The lowest BCUT2D eigenvalue weighted by atomic mass is 10.0. The van der Waals surface area contributed by atoms with E-state index in [-0.39, 0.29) is 17.3 Å². The van der Waals surface area contributed by atoms with Gasteiger partial charge in [0.2, 0.25) is 5.88 Å². The summed E-state index contributed by atoms with van der Waals surface area (Å²) in [6, 6.07) is 4.94. The maximum Gasteiger partial charge on any atom is 0.230 e. The lowest BCUT2D eigenvalue weighted by Crippen LogP contribution is -2.03. The number of nitrogen functional groups attached to an aromatic ring is 1. The van der Waals surface area contributed by atoms with E-state index in [0.717, 1.165) is 6.26 Å². The van der Waals surface area contributed by atoms with Gasteiger partial charge >= 0.3 is 0 Å². The van der Waals surface area contributed by atoms with Gasteiger partial charge in [0, 0.05) is 16.8 Å². The molecule has 1 aromatic carbocycles. The Labute approximate surface area is 121 Å². The Morgan fingerprint density at radius 1 is 1.45 bits per heavy atom. The van der Waals surface area contributed by atoms with Crippen LogP contribution >= 0.6 is 11.6 Å². The van der Waals surface area contributed by atoms with E-state index in [9.17, 15) is 8.42 Å². The van der Waals surface area contributed by atoms with Crippen molar-refractivity contribution in [1.29, 1.82) is 0 Å². The highest BCUT2D eigenvalue weighted by Crippen LogP contribution is 2.38. The summed E-state index contributed by atoms with van der Waals surface area (Å²) in [5.74, 6) is 0.238. The molecule has 108 valence electrons. The zero-order valence-electron chi connectivity index (χ0n) is 10.9. The minimum absolute atomic E-state index is 0.0178. The highest BCUT2D eigenvalue weighted by molar-refractivity contribution is 7.89. The molecule has 0 saturated heterocycles. The predicted molar refractivity (Wildman–Crippen MR) is 76.5 cm³/mol. The van der Waals surface area contributed by atoms with Crippen molar-refractivity contribution in [2.75, 3.05) is 19.1 Å². The zero-order valence-corrected chi connectivity index (χ0v) is 12.5. The molecule has 0 aliphatic rings. The number of benzene rings is 1. The molecule has 0 atom stereocenters. The van der Waals surface area contributed by atoms with Gasteiger partial charge in [-0.25, -0.2) is 8.42 Å². The molecule has 1 heterocycles. The topological polar surface area (TPSA) is 95.4 Å². The van der Waals surface area contributed by atoms with Crippen molar-refractivity contribution in [3.05, 3.63) is 28.9 Å². The molecule has 0 aliphatic carbocycles. The van der Waals surface area contributed by atoms with E-state index >= 15 is 0 Å². The van der Waals surface area contributed by atoms with Crippen molar-refractivity contribution in [3.8, 4) is 16.9 Å². The van der Waals surface area contributed by atoms with Crippen molar-refractivity contribution in [1.82, 2.24) is 5.16 Å². The maximum atomic E-state index is 11.4. The minimum atomic E-state index is -3.28. The number of halogens is 1. The third-order valence-corrected chi connectivity index (χ3v) is 3.65. The summed E-state index contributed by atoms with van der Waals surface area (Å²) in [4.78, 5) is 0. The molecule has 0 bridgehead atoms. The summed E-state index contributed by atoms with van der Waals surface area (Å²) >= 11 is 5.96. The molecule has 8 heteroatoms. The molecular weight excluding hydrogens is 304 g/mol. The van der Waals surface area contributed by atoms with E-state index in [0.29, 0.717) is 21.9 Å². The van der Waals surface area contributed by atoms with E-state index in [1.54, 1.807) is 18.2 Å². The molecule has 0 fully saturated rings. The van der Waals surface area contributed by atoms with Crippen LogP contribution in [0.5, 0.6) is 5.75 Å². The van der Waals surface area contributed by atoms with E-state index < -0.39 is 9.84 Å². The fourth-order valence-corrected chi connectivity index (χ4v) is 2.71. The lowest BCUT2D eigenvalue weighted by molar-refractivity contribution is 0.416. The van der Waals surface area contributed by atoms with E-state index in [4.69, 9.17) is 26.6 Å². The molecule has 6 nitrogen and oxygen atoms in total. The Balaban J connectivity index is 2.63. The Hall–Kier alpha value is -1.73. The molecule has 2 rings (SSSR count). The van der Waals surface area contributed by atoms with E-state index in [1.165, 1.54) is 7.11 Å². The second kappa shape index (κ2) is 5.34. The van der Waals surface area contributed by atoms with Gasteiger partial charge in [0.25, 0.3) is 0 Å². The molecule has 0 radical (unpaired) electrons. The predicted octanol–water partition coefficient (Wildman–Crippen LogP) is 2.13. The lowest BCUT2D eigenvalue weighted by Gasteiger charge is -2.09. The highest BCUT2D eigenvalue weighted by Gasteiger charge is 2.22. The van der Waals surface area contributed by atoms with E-state index in [2.05, 4.69) is 5.16 Å². The minimum Gasteiger partial charge on any atom is -0.496 e. The number of ether oxygens (including phenoxy) is 1. The highest BCUT2D eigenvalue weighted by atomic mass is 35.5. The normalized spacial score (nSPS) is 11.6. The summed E-state index contributed by atoms with van der Waals surface area (Å²) < 4.78 is 33.0. The van der Waals surface area contributed by atoms with Crippen molar-refractivity contribution in [3.63, 3.8) is 0 Å². The standard InChI is InChI=1S/C12H13ClN2O4S/c1-18-10-4-3-7(13)5-8(10)11-9(6-20(2,16)17)15-19-12(11)14/h3-5H,6,14H2,1-2H3. The molecule has 0 saturated carbocycles. The van der Waals surface area contributed by atoms with Gasteiger partial charge in [-0.15, -0.1) is 0 Å². The van der Waals surface area contributed by atoms with Crippen LogP contribution in [0.4, 0.5) is 5.88 Å². The molecule has 0 unspecified atom stereocenters. The molecule has 0 aliphatic heterocycles. The number of aromatic nitrogens is 1. The van der Waals surface area contributed by atoms with Crippen LogP contribution in [-0.4, -0.2) is 26.9 Å². The summed E-state index contributed by atoms with van der Waals surface area (Å²) in [5.41, 5.74) is 6.89. The SMILES string of the molecule is COc1ccc(Cl)cc1-c1c(CS(C)(=O)=O)noc1N. The summed E-state index contributed by atoms with van der Waals surface area (Å²) in [6.45, 7) is 0. The Morgan fingerprint density at radius 3 is 2.75 bits per heavy atom. The van der Waals surface area contributed by atoms with Gasteiger partial charge in [-0.2, -0.15) is 0 Å². The monoisotopic (exact) mass is 316 g/mol. The zero-order chi connectivity index (χ0) is 14.9. The third-order valence-electron chi connectivity index (χ3n) is 2.62. The van der Waals surface area contributed by atoms with Gasteiger partial charge in [-0.05, 0) is 18.2 Å². The number of hydrogen-bond donors (Lipinski definition) is 1. The van der Waals surface area contributed by atoms with Gasteiger partial charge in [0.15, 0.2) is 9.84 Å². The first kappa shape index (κ1) is 14.7. The first-order valence-corrected chi connectivity index (χ1v) is 8.01. The van der Waals surface area contributed by atoms with E-state index in [1.807, 2.05) is 0 Å². The maximum absolute atomic E-state index is 11.4. The number of rotatable bonds is 4. The van der Waals surface area contributed by atoms with Crippen molar-refractivity contribution in [2.24, 2.45) is 0 Å². The smallest absolute Gasteiger partial charge is 0.230 e. The second-order valence-electron chi connectivity index (χ2n) is 4.28. The first-order chi connectivity index (χ1) is 9.31. The summed E-state index contributed by atoms with van der Waals surface area (Å²) in [5, 5.41) is 4.17. The number of nitrogens with zero attached hydrogens (tertiary/aromatic N) is 1. The molecule has 2 N–H and O–H groups in total. The fourth-order valence-electron chi connectivity index (χ4n) is 1.85. The number of methoxy groups -OCH3 is 1. The van der Waals surface area contributed by atoms with Crippen LogP contribution in [0, 0.1) is 0 Å². The van der Waals surface area contributed by atoms with Gasteiger partial charge < -0.3 is 15.0 Å². The number of sulfone groups is 1. The van der Waals surface area contributed by atoms with Gasteiger partial charge in [0.05, 0.1) is 18.4 Å². The number of hydrogen-bond acceptors (Lipinski definition) is 6. The molecular formula is C12H13ClN2O4S. The van der Waals surface area contributed by atoms with Crippen molar-refractivity contribution < 1.29 is 17.7 Å². The Bertz CT molecular complexity index is 740. The van der Waals surface area contributed by atoms with Crippen LogP contribution in [0.25, 0.3) is 11.1 Å². The molecule has 1 aromatic heterocycles. The summed E-state index contributed by atoms with van der Waals surface area (Å²) in [6.07, 6.45) is 1.11. The van der Waals surface area contributed by atoms with Crippen LogP contribution in [0.3, 0.4) is 0 Å². The fraction of sp³-hybridized carbons (Fsp3) is 0.250. The molecule has 2 aromatic rings. The summed E-state index contributed by atoms with van der Waals surface area (Å²) in [7, 11) is -1.78. The average molecular weight is 317 g/mol. The molecule has 20 heavy (non-hydrogen) atoms. The third kappa shape index (κ3) is 3.05. The van der Waals surface area contributed by atoms with Crippen LogP contribution in [-0.2, 0) is 15.6 Å². The Morgan fingerprint density at radius 2 is 2.15 bits per heavy atom. The van der Waals surface area contributed by atoms with Gasteiger partial charge in [-0.3, -0.25) is 0 Å². The Kier molecular flexibility index (Phi) is 3.92. The number of nitrogens with two attached hydrogens (primary N) is 1. The average Bonchev–Trinajstić information content (AvgIpc) is 2.68. The molecule has 0 spiro atoms. The quantitative estimate of drug-likeness (QED) is 0.928. The van der Waals surface area contributed by atoms with Crippen LogP contribution < -0.4 is 10.5 Å². The first-order valence-electron chi connectivity index (χ1n) is 5.57. The van der Waals surface area contributed by atoms with Gasteiger partial charge in [-0.1, -0.05) is 16.8 Å².